The number of carbonyl (C=O) groups excluding carboxylic acids is 1. The van der Waals surface area contributed by atoms with E-state index in [0.717, 1.165) is 19.3 Å². The standard InChI is InChI=1S/C19H34NO5/c1-7-16(5)10-19(11-17(6,8-2)20(16)22)24-13-18(9-3,14-25-19)12-23-15(4)21/h7-14H2,1-6H3. The Morgan fingerprint density at radius 3 is 1.84 bits per heavy atom. The van der Waals surface area contributed by atoms with Gasteiger partial charge in [0.2, 0.25) is 0 Å². The number of hydrogen-bond donors (Lipinski definition) is 0. The van der Waals surface area contributed by atoms with Crippen LogP contribution in [0.15, 0.2) is 0 Å². The second kappa shape index (κ2) is 7.14. The molecule has 6 heteroatoms. The Morgan fingerprint density at radius 2 is 1.48 bits per heavy atom. The van der Waals surface area contributed by atoms with Crippen LogP contribution < -0.4 is 0 Å². The van der Waals surface area contributed by atoms with Gasteiger partial charge in [0.05, 0.1) is 29.7 Å². The van der Waals surface area contributed by atoms with Crippen molar-refractivity contribution >= 4 is 5.97 Å². The van der Waals surface area contributed by atoms with E-state index in [-0.39, 0.29) is 11.4 Å². The molecule has 0 aromatic carbocycles. The molecule has 2 saturated heterocycles. The van der Waals surface area contributed by atoms with Gasteiger partial charge >= 0.3 is 5.97 Å². The molecule has 1 radical (unpaired) electrons. The lowest BCUT2D eigenvalue weighted by Crippen LogP contribution is -2.68. The average molecular weight is 356 g/mol. The molecule has 1 spiro atoms. The predicted molar refractivity (Wildman–Crippen MR) is 93.1 cm³/mol. The third kappa shape index (κ3) is 3.87. The number of carbonyl (C=O) groups is 1. The van der Waals surface area contributed by atoms with Crippen molar-refractivity contribution in [3.63, 3.8) is 0 Å². The first-order chi connectivity index (χ1) is 11.6. The Bertz CT molecular complexity index is 466. The molecule has 0 aromatic rings. The fourth-order valence-corrected chi connectivity index (χ4v) is 4.06. The normalized spacial score (nSPS) is 42.5. The zero-order valence-electron chi connectivity index (χ0n) is 16.6. The van der Waals surface area contributed by atoms with Crippen molar-refractivity contribution in [2.45, 2.75) is 90.5 Å². The number of hydrogen-bond acceptors (Lipinski definition) is 5. The molecule has 0 saturated carbocycles. The first-order valence-corrected chi connectivity index (χ1v) is 9.47. The highest BCUT2D eigenvalue weighted by atomic mass is 16.7. The van der Waals surface area contributed by atoms with Crippen molar-refractivity contribution in [1.29, 1.82) is 0 Å². The number of esters is 1. The minimum Gasteiger partial charge on any atom is -0.465 e. The molecule has 0 amide bonds. The van der Waals surface area contributed by atoms with Crippen LogP contribution in [-0.4, -0.2) is 47.7 Å². The molecule has 0 N–H and O–H groups in total. The van der Waals surface area contributed by atoms with Crippen LogP contribution in [0.3, 0.4) is 0 Å². The third-order valence-corrected chi connectivity index (χ3v) is 6.42. The van der Waals surface area contributed by atoms with E-state index in [9.17, 15) is 10.0 Å². The molecule has 145 valence electrons. The summed E-state index contributed by atoms with van der Waals surface area (Å²) in [5, 5.41) is 14.2. The van der Waals surface area contributed by atoms with Crippen molar-refractivity contribution in [2.24, 2.45) is 5.41 Å². The lowest BCUT2D eigenvalue weighted by Gasteiger charge is -2.58. The molecule has 0 bridgehead atoms. The number of ether oxygens (including phenoxy) is 3. The summed E-state index contributed by atoms with van der Waals surface area (Å²) in [5.74, 6) is -1.02. The zero-order valence-corrected chi connectivity index (χ0v) is 16.6. The summed E-state index contributed by atoms with van der Waals surface area (Å²) in [5.41, 5.74) is -1.33. The second-order valence-corrected chi connectivity index (χ2v) is 8.47. The quantitative estimate of drug-likeness (QED) is 0.706. The summed E-state index contributed by atoms with van der Waals surface area (Å²) in [6, 6.07) is 0. The SMILES string of the molecule is CCC1(COC(C)=O)COC2(CC(C)(CC)N([O])C(C)(CC)C2)OC1. The molecule has 0 aromatic heterocycles. The first-order valence-electron chi connectivity index (χ1n) is 9.47. The summed E-state index contributed by atoms with van der Waals surface area (Å²) in [7, 11) is 0. The van der Waals surface area contributed by atoms with Crippen LogP contribution in [0.1, 0.15) is 73.6 Å². The summed E-state index contributed by atoms with van der Waals surface area (Å²) < 4.78 is 17.9. The topological polar surface area (TPSA) is 67.9 Å². The maximum absolute atomic E-state index is 13.0. The highest BCUT2D eigenvalue weighted by Crippen LogP contribution is 2.50. The Kier molecular flexibility index (Phi) is 5.89. The van der Waals surface area contributed by atoms with Crippen LogP contribution in [0, 0.1) is 5.41 Å². The van der Waals surface area contributed by atoms with Gasteiger partial charge in [-0.25, -0.2) is 0 Å². The van der Waals surface area contributed by atoms with Crippen molar-refractivity contribution in [1.82, 2.24) is 5.06 Å². The van der Waals surface area contributed by atoms with Crippen molar-refractivity contribution in [3.8, 4) is 0 Å². The van der Waals surface area contributed by atoms with Gasteiger partial charge in [0.15, 0.2) is 5.79 Å². The van der Waals surface area contributed by atoms with Gasteiger partial charge in [-0.15, -0.1) is 10.3 Å². The smallest absolute Gasteiger partial charge is 0.302 e. The molecular weight excluding hydrogens is 322 g/mol. The van der Waals surface area contributed by atoms with E-state index in [2.05, 4.69) is 6.92 Å². The Morgan fingerprint density at radius 1 is 1.00 bits per heavy atom. The Labute approximate surface area is 151 Å². The van der Waals surface area contributed by atoms with Gasteiger partial charge in [0.25, 0.3) is 0 Å². The monoisotopic (exact) mass is 356 g/mol. The fraction of sp³-hybridized carbons (Fsp3) is 0.947. The first kappa shape index (κ1) is 20.6. The van der Waals surface area contributed by atoms with Crippen LogP contribution in [0.4, 0.5) is 0 Å². The Hall–Kier alpha value is -0.690. The van der Waals surface area contributed by atoms with Gasteiger partial charge in [-0.1, -0.05) is 20.8 Å². The molecular formula is C19H34NO5. The van der Waals surface area contributed by atoms with E-state index in [0.29, 0.717) is 32.7 Å². The van der Waals surface area contributed by atoms with E-state index < -0.39 is 16.9 Å². The van der Waals surface area contributed by atoms with E-state index in [1.165, 1.54) is 12.0 Å². The van der Waals surface area contributed by atoms with E-state index >= 15 is 0 Å². The highest BCUT2D eigenvalue weighted by molar-refractivity contribution is 5.65. The molecule has 2 heterocycles. The summed E-state index contributed by atoms with van der Waals surface area (Å²) >= 11 is 0. The Balaban J connectivity index is 2.19. The summed E-state index contributed by atoms with van der Waals surface area (Å²) in [6.07, 6.45) is 3.41. The molecule has 2 aliphatic rings. The van der Waals surface area contributed by atoms with E-state index in [1.54, 1.807) is 0 Å². The van der Waals surface area contributed by atoms with Crippen LogP contribution in [0.25, 0.3) is 0 Å². The van der Waals surface area contributed by atoms with Gasteiger partial charge in [-0.2, -0.15) is 0 Å². The molecule has 2 aliphatic heterocycles. The van der Waals surface area contributed by atoms with Crippen LogP contribution in [0.2, 0.25) is 0 Å². The van der Waals surface area contributed by atoms with Gasteiger partial charge in [-0.3, -0.25) is 4.79 Å². The van der Waals surface area contributed by atoms with Gasteiger partial charge < -0.3 is 14.2 Å². The number of rotatable bonds is 5. The van der Waals surface area contributed by atoms with Gasteiger partial charge in [-0.05, 0) is 33.1 Å². The fourth-order valence-electron chi connectivity index (χ4n) is 4.06. The van der Waals surface area contributed by atoms with Crippen LogP contribution in [-0.2, 0) is 24.2 Å². The van der Waals surface area contributed by atoms with Gasteiger partial charge in [0, 0.05) is 19.8 Å². The van der Waals surface area contributed by atoms with Crippen LogP contribution in [0.5, 0.6) is 0 Å². The maximum Gasteiger partial charge on any atom is 0.302 e. The third-order valence-electron chi connectivity index (χ3n) is 6.42. The predicted octanol–water partition coefficient (Wildman–Crippen LogP) is 3.47. The summed E-state index contributed by atoms with van der Waals surface area (Å²) in [6.45, 7) is 12.8. The minimum absolute atomic E-state index is 0.287. The molecule has 2 rings (SSSR count). The molecule has 2 unspecified atom stereocenters. The molecule has 2 atom stereocenters. The maximum atomic E-state index is 13.0. The van der Waals surface area contributed by atoms with Gasteiger partial charge in [0.1, 0.15) is 6.61 Å². The van der Waals surface area contributed by atoms with Crippen molar-refractivity contribution < 1.29 is 24.2 Å². The molecule has 6 nitrogen and oxygen atoms in total. The largest absolute Gasteiger partial charge is 0.465 e. The molecule has 0 aliphatic carbocycles. The number of nitrogens with zero attached hydrogens (tertiary/aromatic N) is 1. The molecule has 25 heavy (non-hydrogen) atoms. The van der Waals surface area contributed by atoms with Crippen molar-refractivity contribution in [3.05, 3.63) is 0 Å². The second-order valence-electron chi connectivity index (χ2n) is 8.47. The number of hydroxylamine groups is 2. The van der Waals surface area contributed by atoms with Crippen LogP contribution >= 0.6 is 0 Å². The molecule has 2 fully saturated rings. The lowest BCUT2D eigenvalue weighted by atomic mass is 9.73. The number of piperidine rings is 1. The summed E-state index contributed by atoms with van der Waals surface area (Å²) in [4.78, 5) is 11.2. The minimum atomic E-state index is -0.731. The van der Waals surface area contributed by atoms with E-state index in [4.69, 9.17) is 14.2 Å². The zero-order chi connectivity index (χ0) is 18.9. The van der Waals surface area contributed by atoms with E-state index in [1.807, 2.05) is 27.7 Å². The average Bonchev–Trinajstić information content (AvgIpc) is 2.60. The van der Waals surface area contributed by atoms with Crippen molar-refractivity contribution in [2.75, 3.05) is 19.8 Å². The lowest BCUT2D eigenvalue weighted by molar-refractivity contribution is -0.393. The highest BCUT2D eigenvalue weighted by Gasteiger charge is 2.59.